The van der Waals surface area contributed by atoms with E-state index >= 15 is 0 Å². The number of nitro benzene ring substituents is 1. The van der Waals surface area contributed by atoms with Crippen LogP contribution in [0.25, 0.3) is 0 Å². The molecule has 1 aromatic heterocycles. The zero-order valence-corrected chi connectivity index (χ0v) is 14.5. The number of rotatable bonds is 5. The van der Waals surface area contributed by atoms with Crippen LogP contribution in [0.1, 0.15) is 20.0 Å². The summed E-state index contributed by atoms with van der Waals surface area (Å²) in [7, 11) is 0. The van der Waals surface area contributed by atoms with Gasteiger partial charge in [-0.05, 0) is 41.8 Å². The number of carbonyl (C=O) groups excluding carboxylic acids is 2. The second kappa shape index (κ2) is 7.67. The van der Waals surface area contributed by atoms with E-state index in [9.17, 15) is 24.8 Å². The molecule has 1 heterocycles. The Morgan fingerprint density at radius 1 is 1.00 bits per heavy atom. The number of aromatic hydroxyl groups is 1. The number of phenolic OH excluding ortho intramolecular Hbond substituents is 1. The Balaban J connectivity index is 1.67. The SMILES string of the molecule is O=C(Nc1ccc([N+](=O)[O-])cc1O)c1ccc(NC(=O)c2cccs2)cc1. The lowest BCUT2D eigenvalue weighted by molar-refractivity contribution is -0.384. The fourth-order valence-corrected chi connectivity index (χ4v) is 2.86. The molecule has 2 aromatic carbocycles. The Bertz CT molecular complexity index is 1000. The number of phenols is 1. The second-order valence-corrected chi connectivity index (χ2v) is 6.37. The van der Waals surface area contributed by atoms with Crippen molar-refractivity contribution in [2.24, 2.45) is 0 Å². The van der Waals surface area contributed by atoms with E-state index in [0.717, 1.165) is 6.07 Å². The van der Waals surface area contributed by atoms with Crippen LogP contribution in [0.3, 0.4) is 0 Å². The molecule has 0 saturated carbocycles. The standard InChI is InChI=1S/C18H13N3O5S/c22-15-10-13(21(25)26)7-8-14(15)20-17(23)11-3-5-12(6-4-11)19-18(24)16-2-1-9-27-16/h1-10,22H,(H,19,24)(H,20,23). The van der Waals surface area contributed by atoms with Gasteiger partial charge in [0.15, 0.2) is 0 Å². The lowest BCUT2D eigenvalue weighted by Crippen LogP contribution is -2.13. The fraction of sp³-hybridized carbons (Fsp3) is 0. The Morgan fingerprint density at radius 2 is 1.74 bits per heavy atom. The highest BCUT2D eigenvalue weighted by atomic mass is 32.1. The van der Waals surface area contributed by atoms with E-state index in [1.54, 1.807) is 29.6 Å². The molecule has 136 valence electrons. The van der Waals surface area contributed by atoms with Gasteiger partial charge in [-0.1, -0.05) is 6.07 Å². The van der Waals surface area contributed by atoms with Crippen molar-refractivity contribution in [3.63, 3.8) is 0 Å². The first-order chi connectivity index (χ1) is 12.9. The predicted molar refractivity (Wildman–Crippen MR) is 101 cm³/mol. The minimum atomic E-state index is -0.644. The molecule has 0 atom stereocenters. The number of nitrogens with zero attached hydrogens (tertiary/aromatic N) is 1. The third-order valence-electron chi connectivity index (χ3n) is 3.59. The van der Waals surface area contributed by atoms with Gasteiger partial charge in [0.05, 0.1) is 21.6 Å². The summed E-state index contributed by atoms with van der Waals surface area (Å²) in [5, 5.41) is 27.5. The maximum absolute atomic E-state index is 12.3. The van der Waals surface area contributed by atoms with E-state index in [0.29, 0.717) is 16.1 Å². The fourth-order valence-electron chi connectivity index (χ4n) is 2.24. The van der Waals surface area contributed by atoms with Gasteiger partial charge in [-0.25, -0.2) is 0 Å². The third kappa shape index (κ3) is 4.28. The largest absolute Gasteiger partial charge is 0.506 e. The minimum absolute atomic E-state index is 0.0562. The smallest absolute Gasteiger partial charge is 0.273 e. The van der Waals surface area contributed by atoms with Gasteiger partial charge in [0.25, 0.3) is 17.5 Å². The van der Waals surface area contributed by atoms with Crippen molar-refractivity contribution < 1.29 is 19.6 Å². The summed E-state index contributed by atoms with van der Waals surface area (Å²) in [4.78, 5) is 34.9. The summed E-state index contributed by atoms with van der Waals surface area (Å²) in [6.07, 6.45) is 0. The van der Waals surface area contributed by atoms with Crippen LogP contribution in [0.4, 0.5) is 17.1 Å². The highest BCUT2D eigenvalue weighted by Crippen LogP contribution is 2.28. The molecule has 0 aliphatic carbocycles. The second-order valence-electron chi connectivity index (χ2n) is 5.42. The van der Waals surface area contributed by atoms with E-state index in [4.69, 9.17) is 0 Å². The number of carbonyl (C=O) groups is 2. The van der Waals surface area contributed by atoms with Crippen LogP contribution in [0, 0.1) is 10.1 Å². The molecule has 0 radical (unpaired) electrons. The zero-order valence-electron chi connectivity index (χ0n) is 13.7. The van der Waals surface area contributed by atoms with Crippen LogP contribution in [0.2, 0.25) is 0 Å². The highest BCUT2D eigenvalue weighted by molar-refractivity contribution is 7.12. The number of anilines is 2. The van der Waals surface area contributed by atoms with Gasteiger partial charge < -0.3 is 15.7 Å². The van der Waals surface area contributed by atoms with Crippen LogP contribution < -0.4 is 10.6 Å². The van der Waals surface area contributed by atoms with Crippen LogP contribution in [-0.4, -0.2) is 21.8 Å². The molecule has 0 aliphatic heterocycles. The van der Waals surface area contributed by atoms with Crippen molar-refractivity contribution in [3.8, 4) is 5.75 Å². The number of thiophene rings is 1. The molecular formula is C18H13N3O5S. The summed E-state index contributed by atoms with van der Waals surface area (Å²) < 4.78 is 0. The number of nitrogens with one attached hydrogen (secondary N) is 2. The van der Waals surface area contributed by atoms with Gasteiger partial charge in [-0.2, -0.15) is 0 Å². The van der Waals surface area contributed by atoms with E-state index in [-0.39, 0.29) is 17.3 Å². The summed E-state index contributed by atoms with van der Waals surface area (Å²) in [6.45, 7) is 0. The molecule has 3 rings (SSSR count). The quantitative estimate of drug-likeness (QED) is 0.351. The molecular weight excluding hydrogens is 370 g/mol. The average molecular weight is 383 g/mol. The molecule has 0 aliphatic rings. The maximum Gasteiger partial charge on any atom is 0.273 e. The van der Waals surface area contributed by atoms with Crippen LogP contribution >= 0.6 is 11.3 Å². The normalized spacial score (nSPS) is 10.2. The highest BCUT2D eigenvalue weighted by Gasteiger charge is 2.13. The van der Waals surface area contributed by atoms with Crippen molar-refractivity contribution in [2.45, 2.75) is 0 Å². The third-order valence-corrected chi connectivity index (χ3v) is 4.46. The molecule has 9 heteroatoms. The summed E-state index contributed by atoms with van der Waals surface area (Å²) in [6, 6.07) is 13.1. The molecule has 2 amide bonds. The van der Waals surface area contributed by atoms with Crippen LogP contribution in [0.15, 0.2) is 60.0 Å². The number of hydrogen-bond acceptors (Lipinski definition) is 6. The van der Waals surface area contributed by atoms with Gasteiger partial charge in [0.1, 0.15) is 5.75 Å². The lowest BCUT2D eigenvalue weighted by atomic mass is 10.1. The first-order valence-corrected chi connectivity index (χ1v) is 8.55. The Hall–Kier alpha value is -3.72. The summed E-state index contributed by atoms with van der Waals surface area (Å²) in [5.41, 5.74) is 0.599. The minimum Gasteiger partial charge on any atom is -0.506 e. The van der Waals surface area contributed by atoms with Crippen molar-refractivity contribution >= 4 is 40.2 Å². The zero-order chi connectivity index (χ0) is 19.4. The van der Waals surface area contributed by atoms with Gasteiger partial charge in [-0.15, -0.1) is 11.3 Å². The Labute approximate surface area is 157 Å². The molecule has 0 fully saturated rings. The summed E-state index contributed by atoms with van der Waals surface area (Å²) in [5.74, 6) is -1.15. The monoisotopic (exact) mass is 383 g/mol. The van der Waals surface area contributed by atoms with Gasteiger partial charge in [-0.3, -0.25) is 19.7 Å². The van der Waals surface area contributed by atoms with E-state index in [1.807, 2.05) is 0 Å². The van der Waals surface area contributed by atoms with Gasteiger partial charge in [0.2, 0.25) is 0 Å². The number of benzene rings is 2. The number of non-ortho nitro benzene ring substituents is 1. The van der Waals surface area contributed by atoms with Crippen molar-refractivity contribution in [1.29, 1.82) is 0 Å². The van der Waals surface area contributed by atoms with E-state index in [2.05, 4.69) is 10.6 Å². The molecule has 27 heavy (non-hydrogen) atoms. The topological polar surface area (TPSA) is 122 Å². The van der Waals surface area contributed by atoms with E-state index < -0.39 is 16.6 Å². The average Bonchev–Trinajstić information content (AvgIpc) is 3.18. The van der Waals surface area contributed by atoms with E-state index in [1.165, 1.54) is 35.6 Å². The first kappa shape index (κ1) is 18.1. The molecule has 3 aromatic rings. The van der Waals surface area contributed by atoms with Crippen molar-refractivity contribution in [3.05, 3.63) is 80.5 Å². The molecule has 3 N–H and O–H groups in total. The lowest BCUT2D eigenvalue weighted by Gasteiger charge is -2.08. The number of amides is 2. The van der Waals surface area contributed by atoms with Gasteiger partial charge >= 0.3 is 0 Å². The van der Waals surface area contributed by atoms with Crippen molar-refractivity contribution in [2.75, 3.05) is 10.6 Å². The summed E-state index contributed by atoms with van der Waals surface area (Å²) >= 11 is 1.32. The number of nitro groups is 1. The number of hydrogen-bond donors (Lipinski definition) is 3. The molecule has 8 nitrogen and oxygen atoms in total. The van der Waals surface area contributed by atoms with Crippen molar-refractivity contribution in [1.82, 2.24) is 0 Å². The molecule has 0 unspecified atom stereocenters. The Morgan fingerprint density at radius 3 is 2.33 bits per heavy atom. The predicted octanol–water partition coefficient (Wildman–Crippen LogP) is 3.87. The molecule has 0 bridgehead atoms. The first-order valence-electron chi connectivity index (χ1n) is 7.68. The van der Waals surface area contributed by atoms with Gasteiger partial charge in [0, 0.05) is 17.3 Å². The molecule has 0 spiro atoms. The van der Waals surface area contributed by atoms with Crippen LogP contribution in [0.5, 0.6) is 5.75 Å². The molecule has 0 saturated heterocycles. The Kier molecular flexibility index (Phi) is 5.13. The maximum atomic E-state index is 12.3. The van der Waals surface area contributed by atoms with Crippen LogP contribution in [-0.2, 0) is 0 Å².